The number of aryl methyl sites for hydroxylation is 3. The molecule has 1 atom stereocenters. The molecule has 6 aliphatic rings. The fourth-order valence-corrected chi connectivity index (χ4v) is 13.1. The second-order valence-electron chi connectivity index (χ2n) is 28.5. The summed E-state index contributed by atoms with van der Waals surface area (Å²) in [6.45, 7) is 44.5. The van der Waals surface area contributed by atoms with Crippen LogP contribution in [0.15, 0.2) is 115 Å². The van der Waals surface area contributed by atoms with Crippen molar-refractivity contribution in [3.05, 3.63) is 209 Å². The predicted molar refractivity (Wildman–Crippen MR) is 433 cm³/mol. The molecule has 558 valence electrons. The van der Waals surface area contributed by atoms with Crippen molar-refractivity contribution in [3.8, 4) is 40.2 Å². The number of benzene rings is 7. The standard InChI is InChI=1S/C14H15NO.C14H18O2.C14H20O.C12H14O2.C12H16O.C11H14O2.C9H11Cl.5CH4/c1-9(2)11-3-4-12-13-10(6-8-16-12)5-7-15-14(11)13;1-8(2)11-7-9(3)14-13(10(11)4)12(15)5-6-16-14;1-9(2)13-8-10(3)14-12(11(13)4)6-5-7-15-14;1-8(2)9-3-4-12-10(7-9)11(13)5-6-14-12;1-9(2)10-5-6-12-11(8-10)4-3-7-13-12;1-7(2)9-4-5-10-11(6-9)13-8(3)12-10;1-7(2)8-3-5-9(10)6-4-8;;;;;/h3-5,7,9H,6,8H2,1-2H3;7-8H,5-6H2,1-4H3;8-9H,5-7H2,1-4H3;3-4,7-8H,5-6H2,1-2H3;5-6,8-9H,3-4,7H2,1-2H3;4-8H,1-3H3;3-7H,1-2H3;5*1H4. The van der Waals surface area contributed by atoms with Gasteiger partial charge in [0.25, 0.3) is 0 Å². The Bertz CT molecular complexity index is 3980. The van der Waals surface area contributed by atoms with Crippen LogP contribution in [0.2, 0.25) is 5.02 Å². The Morgan fingerprint density at radius 2 is 0.873 bits per heavy atom. The van der Waals surface area contributed by atoms with Crippen molar-refractivity contribution < 1.29 is 42.7 Å². The highest BCUT2D eigenvalue weighted by atomic mass is 35.5. The van der Waals surface area contributed by atoms with E-state index in [4.69, 9.17) is 44.8 Å². The van der Waals surface area contributed by atoms with Gasteiger partial charge in [0.15, 0.2) is 23.1 Å². The SMILES string of the molecule is C.C.C.C.C.CC(C)c1ccc(Cl)cc1.CC(C)c1ccc2c(c1)C(=O)CCO2.CC(C)c1ccc2c(c1)CCCO2.CC(C)c1ccc2c3c(ccnc13)CCO2.CC1Oc2ccc(C(C)C)cc2O1.Cc1cc(C(C)C)c(C)c2c1OCCC2.Cc1cc(C(C)C)c(C)c2c1OCCC2=O. The summed E-state index contributed by atoms with van der Waals surface area (Å²) in [6, 6.07) is 37.4. The third kappa shape index (κ3) is 22.6. The Kier molecular flexibility index (Phi) is 35.4. The summed E-state index contributed by atoms with van der Waals surface area (Å²) in [4.78, 5) is 28.1. The van der Waals surface area contributed by atoms with Gasteiger partial charge >= 0.3 is 0 Å². The number of halogens is 1. The van der Waals surface area contributed by atoms with E-state index in [1.54, 1.807) is 0 Å². The van der Waals surface area contributed by atoms with Gasteiger partial charge in [-0.15, -0.1) is 0 Å². The van der Waals surface area contributed by atoms with Crippen LogP contribution in [0.4, 0.5) is 0 Å². The molecule has 7 aromatic carbocycles. The average Bonchev–Trinajstić information content (AvgIpc) is 1.04. The van der Waals surface area contributed by atoms with Gasteiger partial charge in [-0.25, -0.2) is 0 Å². The van der Waals surface area contributed by atoms with Crippen molar-refractivity contribution in [2.45, 2.75) is 261 Å². The van der Waals surface area contributed by atoms with Crippen LogP contribution in [-0.2, 0) is 19.3 Å². The quantitative estimate of drug-likeness (QED) is 0.153. The molecule has 14 rings (SSSR count). The Balaban J connectivity index is 0.000000308. The third-order valence-electron chi connectivity index (χ3n) is 18.7. The van der Waals surface area contributed by atoms with Crippen molar-refractivity contribution in [3.63, 3.8) is 0 Å². The molecule has 0 amide bonds. The summed E-state index contributed by atoms with van der Waals surface area (Å²) in [7, 11) is 0. The number of hydrogen-bond acceptors (Lipinski definition) is 10. The van der Waals surface area contributed by atoms with E-state index >= 15 is 0 Å². The molecule has 0 bridgehead atoms. The second-order valence-corrected chi connectivity index (χ2v) is 28.9. The van der Waals surface area contributed by atoms with Crippen LogP contribution in [0.25, 0.3) is 10.9 Å². The summed E-state index contributed by atoms with van der Waals surface area (Å²) in [5.41, 5.74) is 21.1. The molecule has 0 aliphatic carbocycles. The van der Waals surface area contributed by atoms with Crippen LogP contribution in [-0.4, -0.2) is 55.9 Å². The molecular formula is C91H128ClNO9. The summed E-state index contributed by atoms with van der Waals surface area (Å²) < 4.78 is 38.9. The highest BCUT2D eigenvalue weighted by Gasteiger charge is 2.27. The van der Waals surface area contributed by atoms with E-state index in [9.17, 15) is 9.59 Å². The molecule has 7 heterocycles. The first-order valence-electron chi connectivity index (χ1n) is 35.6. The van der Waals surface area contributed by atoms with Crippen molar-refractivity contribution in [1.82, 2.24) is 4.98 Å². The first-order chi connectivity index (χ1) is 46.2. The van der Waals surface area contributed by atoms with E-state index in [0.29, 0.717) is 67.5 Å². The molecule has 0 N–H and O–H groups in total. The Hall–Kier alpha value is -7.82. The molecule has 102 heavy (non-hydrogen) atoms. The third-order valence-corrected chi connectivity index (χ3v) is 19.0. The van der Waals surface area contributed by atoms with Gasteiger partial charge in [-0.3, -0.25) is 14.6 Å². The molecule has 1 aromatic heterocycles. The summed E-state index contributed by atoms with van der Waals surface area (Å²) in [5.74, 6) is 10.7. The lowest BCUT2D eigenvalue weighted by Crippen LogP contribution is -2.18. The first-order valence-corrected chi connectivity index (χ1v) is 36.0. The Morgan fingerprint density at radius 3 is 1.49 bits per heavy atom. The molecule has 6 aliphatic heterocycles. The number of ether oxygens (including phenoxy) is 7. The summed E-state index contributed by atoms with van der Waals surface area (Å²) >= 11 is 5.72. The number of pyridine rings is 1. The number of carbonyl (C=O) groups excluding carboxylic acids is 2. The average molecular weight is 1420 g/mol. The van der Waals surface area contributed by atoms with Gasteiger partial charge in [-0.1, -0.05) is 200 Å². The van der Waals surface area contributed by atoms with Gasteiger partial charge in [0, 0.05) is 42.8 Å². The molecule has 8 aromatic rings. The second kappa shape index (κ2) is 40.9. The summed E-state index contributed by atoms with van der Waals surface area (Å²) in [6.07, 6.45) is 8.47. The largest absolute Gasteiger partial charge is 0.493 e. The van der Waals surface area contributed by atoms with Crippen LogP contribution in [0.1, 0.15) is 307 Å². The minimum absolute atomic E-state index is 0. The van der Waals surface area contributed by atoms with Crippen LogP contribution < -0.4 is 33.2 Å². The molecule has 1 unspecified atom stereocenters. The molecule has 0 spiro atoms. The van der Waals surface area contributed by atoms with Crippen molar-refractivity contribution in [2.24, 2.45) is 0 Å². The van der Waals surface area contributed by atoms with Gasteiger partial charge in [0.05, 0.1) is 49.7 Å². The van der Waals surface area contributed by atoms with Crippen LogP contribution in [0.5, 0.6) is 40.2 Å². The molecule has 11 heteroatoms. The molecule has 10 nitrogen and oxygen atoms in total. The molecule has 0 fully saturated rings. The molecule has 0 saturated heterocycles. The lowest BCUT2D eigenvalue weighted by atomic mass is 9.88. The maximum absolute atomic E-state index is 12.0. The zero-order valence-corrected chi connectivity index (χ0v) is 62.3. The maximum atomic E-state index is 12.0. The van der Waals surface area contributed by atoms with Gasteiger partial charge in [-0.05, 0) is 227 Å². The number of nitrogens with zero attached hydrogens (tertiary/aromatic N) is 1. The number of rotatable bonds is 7. The van der Waals surface area contributed by atoms with E-state index < -0.39 is 0 Å². The Morgan fingerprint density at radius 1 is 0.402 bits per heavy atom. The number of Topliss-reactive ketones (excluding diaryl/α,β-unsaturated/α-hetero) is 2. The minimum Gasteiger partial charge on any atom is -0.493 e. The van der Waals surface area contributed by atoms with Gasteiger partial charge < -0.3 is 33.2 Å². The molecule has 0 radical (unpaired) electrons. The zero-order chi connectivity index (χ0) is 70.4. The zero-order valence-electron chi connectivity index (χ0n) is 61.6. The Labute approximate surface area is 622 Å². The number of aromatic nitrogens is 1. The van der Waals surface area contributed by atoms with E-state index in [-0.39, 0.29) is 55.0 Å². The van der Waals surface area contributed by atoms with Crippen molar-refractivity contribution in [2.75, 3.05) is 33.0 Å². The lowest BCUT2D eigenvalue weighted by molar-refractivity contribution is 0.0678. The number of hydrogen-bond donors (Lipinski definition) is 0. The molecular weight excluding hydrogens is 1290 g/mol. The highest BCUT2D eigenvalue weighted by molar-refractivity contribution is 6.30. The number of carbonyl (C=O) groups is 2. The number of fused-ring (bicyclic) bond motifs is 5. The predicted octanol–water partition coefficient (Wildman–Crippen LogP) is 25.9. The highest BCUT2D eigenvalue weighted by Crippen LogP contribution is 2.41. The van der Waals surface area contributed by atoms with Crippen molar-refractivity contribution in [1.29, 1.82) is 0 Å². The summed E-state index contributed by atoms with van der Waals surface area (Å²) in [5, 5.41) is 2.03. The smallest absolute Gasteiger partial charge is 0.238 e. The normalized spacial score (nSPS) is 14.3. The number of ketones is 2. The van der Waals surface area contributed by atoms with Crippen molar-refractivity contribution >= 4 is 34.1 Å². The first kappa shape index (κ1) is 88.4. The van der Waals surface area contributed by atoms with Crippen LogP contribution >= 0.6 is 11.6 Å². The van der Waals surface area contributed by atoms with Crippen LogP contribution in [0.3, 0.4) is 0 Å². The van der Waals surface area contributed by atoms with Gasteiger partial charge in [-0.2, -0.15) is 0 Å². The fraction of sp³-hybridized carbons (Fsp3) is 0.484. The lowest BCUT2D eigenvalue weighted by Gasteiger charge is -2.24. The van der Waals surface area contributed by atoms with E-state index in [0.717, 1.165) is 112 Å². The van der Waals surface area contributed by atoms with Gasteiger partial charge in [0.2, 0.25) is 6.29 Å². The molecule has 0 saturated carbocycles. The topological polar surface area (TPSA) is 112 Å². The van der Waals surface area contributed by atoms with E-state index in [1.807, 2.05) is 63.4 Å². The van der Waals surface area contributed by atoms with Crippen LogP contribution in [0, 0.1) is 27.7 Å². The monoisotopic (exact) mass is 1410 g/mol. The van der Waals surface area contributed by atoms with E-state index in [1.165, 1.54) is 85.0 Å². The maximum Gasteiger partial charge on any atom is 0.238 e. The van der Waals surface area contributed by atoms with Gasteiger partial charge in [0.1, 0.15) is 28.7 Å². The van der Waals surface area contributed by atoms with E-state index in [2.05, 4.69) is 189 Å². The minimum atomic E-state index is -0.141. The fourth-order valence-electron chi connectivity index (χ4n) is 13.0.